The van der Waals surface area contributed by atoms with Gasteiger partial charge in [-0.25, -0.2) is 4.99 Å². The number of allylic oxidation sites excluding steroid dienone is 3. The Balaban J connectivity index is 1.74. The Bertz CT molecular complexity index is 1200. The molecule has 0 aliphatic heterocycles. The van der Waals surface area contributed by atoms with E-state index in [0.717, 1.165) is 11.9 Å². The molecule has 1 aromatic carbocycles. The molecule has 36 heavy (non-hydrogen) atoms. The summed E-state index contributed by atoms with van der Waals surface area (Å²) in [5, 5.41) is 9.11. The highest BCUT2D eigenvalue weighted by Gasteiger charge is 2.65. The van der Waals surface area contributed by atoms with Gasteiger partial charge in [-0.3, -0.25) is 9.59 Å². The SMILES string of the molecule is NC(C1=CCC(C(=O)O)CC1)=C1CCC(C=O)CC1=NC(=O)c1c(Cl)cccc1C1(C(F)(F)F)CC1. The number of nitrogens with two attached hydrogens (primary N) is 1. The third-order valence-electron chi connectivity index (χ3n) is 7.46. The number of hydrogen-bond donors (Lipinski definition) is 2. The topological polar surface area (TPSA) is 110 Å². The first-order valence-corrected chi connectivity index (χ1v) is 12.2. The summed E-state index contributed by atoms with van der Waals surface area (Å²) in [6, 6.07) is 4.02. The van der Waals surface area contributed by atoms with Crippen LogP contribution in [-0.2, 0) is 15.0 Å². The largest absolute Gasteiger partial charge is 0.481 e. The van der Waals surface area contributed by atoms with Crippen molar-refractivity contribution in [1.29, 1.82) is 0 Å². The number of rotatable bonds is 5. The number of carbonyl (C=O) groups excluding carboxylic acids is 2. The van der Waals surface area contributed by atoms with E-state index in [1.807, 2.05) is 0 Å². The Morgan fingerprint density at radius 3 is 2.47 bits per heavy atom. The molecule has 10 heteroatoms. The van der Waals surface area contributed by atoms with E-state index in [9.17, 15) is 32.7 Å². The van der Waals surface area contributed by atoms with Gasteiger partial charge < -0.3 is 15.6 Å². The Kier molecular flexibility index (Phi) is 7.14. The van der Waals surface area contributed by atoms with Gasteiger partial charge in [0.15, 0.2) is 0 Å². The van der Waals surface area contributed by atoms with Gasteiger partial charge in [0.25, 0.3) is 5.91 Å². The van der Waals surface area contributed by atoms with Gasteiger partial charge in [-0.05, 0) is 74.1 Å². The van der Waals surface area contributed by atoms with Crippen molar-refractivity contribution >= 4 is 35.5 Å². The molecule has 0 bridgehead atoms. The molecule has 4 rings (SSSR count). The van der Waals surface area contributed by atoms with E-state index in [-0.39, 0.29) is 41.1 Å². The zero-order chi connectivity index (χ0) is 26.3. The van der Waals surface area contributed by atoms with E-state index in [0.29, 0.717) is 43.4 Å². The van der Waals surface area contributed by atoms with Crippen molar-refractivity contribution in [3.8, 4) is 0 Å². The van der Waals surface area contributed by atoms with Crippen LogP contribution in [0.2, 0.25) is 5.02 Å². The fourth-order valence-electron chi connectivity index (χ4n) is 5.11. The van der Waals surface area contributed by atoms with E-state index in [2.05, 4.69) is 4.99 Å². The zero-order valence-electron chi connectivity index (χ0n) is 19.4. The van der Waals surface area contributed by atoms with Crippen molar-refractivity contribution in [1.82, 2.24) is 0 Å². The first kappa shape index (κ1) is 26.1. The number of aldehydes is 1. The van der Waals surface area contributed by atoms with Gasteiger partial charge in [0.05, 0.1) is 27.6 Å². The van der Waals surface area contributed by atoms with Crippen LogP contribution in [0.1, 0.15) is 67.3 Å². The quantitative estimate of drug-likeness (QED) is 0.493. The average molecular weight is 523 g/mol. The van der Waals surface area contributed by atoms with Crippen molar-refractivity contribution in [2.24, 2.45) is 22.6 Å². The lowest BCUT2D eigenvalue weighted by atomic mass is 9.81. The lowest BCUT2D eigenvalue weighted by Gasteiger charge is -2.26. The monoisotopic (exact) mass is 522 g/mol. The van der Waals surface area contributed by atoms with Gasteiger partial charge in [-0.1, -0.05) is 29.8 Å². The predicted molar refractivity (Wildman–Crippen MR) is 128 cm³/mol. The van der Waals surface area contributed by atoms with Crippen LogP contribution < -0.4 is 5.73 Å². The second-order valence-corrected chi connectivity index (χ2v) is 10.1. The number of benzene rings is 1. The van der Waals surface area contributed by atoms with Crippen LogP contribution in [0, 0.1) is 11.8 Å². The molecular weight excluding hydrogens is 497 g/mol. The molecule has 0 aromatic heterocycles. The number of carboxylic acids is 1. The fraction of sp³-hybridized carbons (Fsp3) is 0.462. The lowest BCUT2D eigenvalue weighted by Crippen LogP contribution is -2.30. The average Bonchev–Trinajstić information content (AvgIpc) is 3.66. The molecule has 2 unspecified atom stereocenters. The molecule has 1 amide bonds. The number of amides is 1. The number of hydrogen-bond acceptors (Lipinski definition) is 4. The van der Waals surface area contributed by atoms with E-state index in [1.54, 1.807) is 6.08 Å². The molecule has 6 nitrogen and oxygen atoms in total. The molecule has 2 atom stereocenters. The number of carboxylic acid groups (broad SMARTS) is 1. The molecule has 3 aliphatic rings. The van der Waals surface area contributed by atoms with Gasteiger partial charge in [0, 0.05) is 11.6 Å². The van der Waals surface area contributed by atoms with Crippen LogP contribution in [0.4, 0.5) is 13.2 Å². The van der Waals surface area contributed by atoms with Crippen LogP contribution in [0.15, 0.2) is 46.1 Å². The number of nitrogens with zero attached hydrogens (tertiary/aromatic N) is 1. The van der Waals surface area contributed by atoms with Gasteiger partial charge >= 0.3 is 12.1 Å². The maximum atomic E-state index is 13.9. The first-order valence-electron chi connectivity index (χ1n) is 11.8. The van der Waals surface area contributed by atoms with E-state index in [4.69, 9.17) is 17.3 Å². The van der Waals surface area contributed by atoms with Gasteiger partial charge in [-0.15, -0.1) is 0 Å². The van der Waals surface area contributed by atoms with Crippen LogP contribution in [0.25, 0.3) is 0 Å². The van der Waals surface area contributed by atoms with Crippen molar-refractivity contribution < 1.29 is 32.7 Å². The standard InChI is InChI=1S/C26H26ClF3N2O4/c27-19-3-1-2-18(25(10-11-25)26(28,29)30)21(19)23(34)32-20-12-14(13-33)4-9-17(20)22(31)15-5-7-16(8-6-15)24(35)36/h1-3,5,13-14,16H,4,6-12,31H2,(H,35,36). The van der Waals surface area contributed by atoms with Gasteiger partial charge in [0.1, 0.15) is 6.29 Å². The van der Waals surface area contributed by atoms with E-state index >= 15 is 0 Å². The minimum Gasteiger partial charge on any atom is -0.481 e. The molecule has 0 saturated heterocycles. The molecular formula is C26H26ClF3N2O4. The predicted octanol–water partition coefficient (Wildman–Crippen LogP) is 5.54. The van der Waals surface area contributed by atoms with Crippen LogP contribution >= 0.6 is 11.6 Å². The van der Waals surface area contributed by atoms with E-state index < -0.39 is 35.3 Å². The summed E-state index contributed by atoms with van der Waals surface area (Å²) in [5.41, 5.74) is 5.80. The molecule has 1 aromatic rings. The summed E-state index contributed by atoms with van der Waals surface area (Å²) in [6.07, 6.45) is -0.109. The number of carbonyl (C=O) groups is 3. The van der Waals surface area contributed by atoms with Gasteiger partial charge in [0.2, 0.25) is 0 Å². The molecule has 0 radical (unpaired) electrons. The molecule has 3 N–H and O–H groups in total. The molecule has 2 fully saturated rings. The van der Waals surface area contributed by atoms with Crippen molar-refractivity contribution in [3.63, 3.8) is 0 Å². The minimum atomic E-state index is -4.54. The Hall–Kier alpha value is -2.94. The number of aliphatic imine (C=N–C) groups is 1. The normalized spacial score (nSPS) is 26.2. The minimum absolute atomic E-state index is 0.117. The number of aliphatic carboxylic acids is 1. The third kappa shape index (κ3) is 4.85. The smallest absolute Gasteiger partial charge is 0.398 e. The Labute approximate surface area is 211 Å². The first-order chi connectivity index (χ1) is 17.0. The zero-order valence-corrected chi connectivity index (χ0v) is 20.2. The van der Waals surface area contributed by atoms with Gasteiger partial charge in [-0.2, -0.15) is 13.2 Å². The lowest BCUT2D eigenvalue weighted by molar-refractivity contribution is -0.160. The van der Waals surface area contributed by atoms with E-state index in [1.165, 1.54) is 18.2 Å². The second-order valence-electron chi connectivity index (χ2n) is 9.68. The molecule has 0 heterocycles. The van der Waals surface area contributed by atoms with Crippen LogP contribution in [-0.4, -0.2) is 35.2 Å². The maximum Gasteiger partial charge on any atom is 0.398 e. The Morgan fingerprint density at radius 2 is 1.92 bits per heavy atom. The second kappa shape index (κ2) is 9.84. The third-order valence-corrected chi connectivity index (χ3v) is 7.78. The van der Waals surface area contributed by atoms with Crippen molar-refractivity contribution in [2.45, 2.75) is 63.0 Å². The summed E-state index contributed by atoms with van der Waals surface area (Å²) < 4.78 is 41.6. The Morgan fingerprint density at radius 1 is 1.19 bits per heavy atom. The number of halogens is 4. The van der Waals surface area contributed by atoms with Crippen LogP contribution in [0.3, 0.4) is 0 Å². The molecule has 3 aliphatic carbocycles. The number of alkyl halides is 3. The highest BCUT2D eigenvalue weighted by atomic mass is 35.5. The highest BCUT2D eigenvalue weighted by Crippen LogP contribution is 2.60. The molecule has 0 spiro atoms. The molecule has 192 valence electrons. The summed E-state index contributed by atoms with van der Waals surface area (Å²) in [5.74, 6) is -2.67. The van der Waals surface area contributed by atoms with Crippen LogP contribution in [0.5, 0.6) is 0 Å². The van der Waals surface area contributed by atoms with Crippen molar-refractivity contribution in [3.05, 3.63) is 57.3 Å². The fourth-order valence-corrected chi connectivity index (χ4v) is 5.37. The summed E-state index contributed by atoms with van der Waals surface area (Å²) >= 11 is 6.23. The molecule has 2 saturated carbocycles. The summed E-state index contributed by atoms with van der Waals surface area (Å²) in [6.45, 7) is 0. The summed E-state index contributed by atoms with van der Waals surface area (Å²) in [4.78, 5) is 40.3. The highest BCUT2D eigenvalue weighted by molar-refractivity contribution is 6.34. The summed E-state index contributed by atoms with van der Waals surface area (Å²) in [7, 11) is 0. The maximum absolute atomic E-state index is 13.9. The van der Waals surface area contributed by atoms with Crippen molar-refractivity contribution in [2.75, 3.05) is 0 Å².